The molecule has 0 bridgehead atoms. The number of anilines is 1. The number of carbonyl (C=O) groups excluding carboxylic acids is 2. The number of amides is 2. The normalized spacial score (nSPS) is 14.6. The van der Waals surface area contributed by atoms with Gasteiger partial charge in [-0.15, -0.1) is 0 Å². The van der Waals surface area contributed by atoms with Gasteiger partial charge in [0, 0.05) is 30.9 Å². The van der Waals surface area contributed by atoms with Crippen LogP contribution in [-0.4, -0.2) is 47.8 Å². The molecule has 1 aliphatic rings. The van der Waals surface area contributed by atoms with Gasteiger partial charge in [-0.05, 0) is 6.07 Å². The Bertz CT molecular complexity index is 546. The fourth-order valence-electron chi connectivity index (χ4n) is 1.87. The van der Waals surface area contributed by atoms with E-state index in [1.807, 2.05) is 0 Å². The third-order valence-electron chi connectivity index (χ3n) is 2.89. The van der Waals surface area contributed by atoms with E-state index in [1.54, 1.807) is 12.1 Å². The Labute approximate surface area is 114 Å². The van der Waals surface area contributed by atoms with Crippen molar-refractivity contribution in [3.05, 3.63) is 34.4 Å². The van der Waals surface area contributed by atoms with Crippen molar-refractivity contribution in [3.8, 4) is 0 Å². The van der Waals surface area contributed by atoms with Crippen molar-refractivity contribution in [1.82, 2.24) is 10.2 Å². The van der Waals surface area contributed by atoms with Crippen LogP contribution in [0.3, 0.4) is 0 Å². The Balaban J connectivity index is 1.91. The summed E-state index contributed by atoms with van der Waals surface area (Å²) in [4.78, 5) is 34.6. The maximum Gasteiger partial charge on any atom is 0.271 e. The minimum atomic E-state index is -0.498. The minimum absolute atomic E-state index is 0.00551. The van der Waals surface area contributed by atoms with Gasteiger partial charge in [0.1, 0.15) is 0 Å². The number of piperazine rings is 1. The number of hydrogen-bond donors (Lipinski definition) is 2. The molecule has 1 aromatic rings. The van der Waals surface area contributed by atoms with Crippen molar-refractivity contribution in [2.75, 3.05) is 31.5 Å². The molecule has 0 radical (unpaired) electrons. The number of rotatable bonds is 4. The second kappa shape index (κ2) is 6.00. The van der Waals surface area contributed by atoms with Crippen LogP contribution >= 0.6 is 0 Å². The van der Waals surface area contributed by atoms with Gasteiger partial charge in [-0.3, -0.25) is 19.7 Å². The zero-order chi connectivity index (χ0) is 14.5. The van der Waals surface area contributed by atoms with Crippen molar-refractivity contribution in [3.63, 3.8) is 0 Å². The highest BCUT2D eigenvalue weighted by atomic mass is 16.6. The number of nitrogens with one attached hydrogen (secondary N) is 2. The van der Waals surface area contributed by atoms with Gasteiger partial charge in [-0.2, -0.15) is 0 Å². The Hall–Kier alpha value is -2.64. The van der Waals surface area contributed by atoms with Gasteiger partial charge in [0.15, 0.2) is 0 Å². The first-order chi connectivity index (χ1) is 9.56. The van der Waals surface area contributed by atoms with Gasteiger partial charge in [0.25, 0.3) is 5.69 Å². The first-order valence-electron chi connectivity index (χ1n) is 6.09. The molecule has 0 aliphatic carbocycles. The summed E-state index contributed by atoms with van der Waals surface area (Å²) in [5.74, 6) is -0.397. The molecule has 1 saturated heterocycles. The van der Waals surface area contributed by atoms with Crippen LogP contribution in [0.2, 0.25) is 0 Å². The molecule has 0 unspecified atom stereocenters. The Morgan fingerprint density at radius 1 is 1.50 bits per heavy atom. The minimum Gasteiger partial charge on any atom is -0.376 e. The number of nitrogens with zero attached hydrogens (tertiary/aromatic N) is 2. The average molecular weight is 278 g/mol. The van der Waals surface area contributed by atoms with Crippen molar-refractivity contribution >= 4 is 23.2 Å². The summed E-state index contributed by atoms with van der Waals surface area (Å²) < 4.78 is 0. The summed E-state index contributed by atoms with van der Waals surface area (Å²) in [6, 6.07) is 5.92. The zero-order valence-electron chi connectivity index (χ0n) is 10.7. The molecule has 106 valence electrons. The monoisotopic (exact) mass is 278 g/mol. The molecule has 0 spiro atoms. The fourth-order valence-corrected chi connectivity index (χ4v) is 1.87. The quantitative estimate of drug-likeness (QED) is 0.594. The van der Waals surface area contributed by atoms with Gasteiger partial charge in [-0.25, -0.2) is 0 Å². The molecule has 1 fully saturated rings. The van der Waals surface area contributed by atoms with Crippen molar-refractivity contribution < 1.29 is 14.5 Å². The van der Waals surface area contributed by atoms with E-state index in [-0.39, 0.29) is 30.6 Å². The second-order valence-electron chi connectivity index (χ2n) is 4.33. The zero-order valence-corrected chi connectivity index (χ0v) is 10.7. The van der Waals surface area contributed by atoms with E-state index >= 15 is 0 Å². The molecule has 1 aliphatic heterocycles. The molecule has 0 aromatic heterocycles. The van der Waals surface area contributed by atoms with Gasteiger partial charge in [0.05, 0.1) is 18.0 Å². The van der Waals surface area contributed by atoms with Gasteiger partial charge in [0.2, 0.25) is 11.8 Å². The van der Waals surface area contributed by atoms with E-state index in [0.717, 1.165) is 0 Å². The van der Waals surface area contributed by atoms with E-state index in [2.05, 4.69) is 10.6 Å². The highest BCUT2D eigenvalue weighted by Crippen LogP contribution is 2.16. The summed E-state index contributed by atoms with van der Waals surface area (Å²) in [6.45, 7) is 0.965. The molecule has 8 nitrogen and oxygen atoms in total. The van der Waals surface area contributed by atoms with Crippen LogP contribution in [0, 0.1) is 10.1 Å². The smallest absolute Gasteiger partial charge is 0.271 e. The Morgan fingerprint density at radius 2 is 2.30 bits per heavy atom. The maximum atomic E-state index is 11.9. The predicted molar refractivity (Wildman–Crippen MR) is 71.2 cm³/mol. The third kappa shape index (κ3) is 3.44. The number of benzene rings is 1. The summed E-state index contributed by atoms with van der Waals surface area (Å²) in [5.41, 5.74) is 0.453. The Kier molecular flexibility index (Phi) is 4.14. The van der Waals surface area contributed by atoms with E-state index in [1.165, 1.54) is 17.0 Å². The molecule has 0 saturated carbocycles. The van der Waals surface area contributed by atoms with Crippen LogP contribution in [0.5, 0.6) is 0 Å². The molecule has 0 atom stereocenters. The maximum absolute atomic E-state index is 11.9. The fraction of sp³-hybridized carbons (Fsp3) is 0.333. The Morgan fingerprint density at radius 3 is 3.00 bits per heavy atom. The number of nitro benzene ring substituents is 1. The van der Waals surface area contributed by atoms with Crippen LogP contribution in [0.25, 0.3) is 0 Å². The standard InChI is InChI=1S/C12H14N4O4/c17-11-8-15(5-4-13-11)12(18)7-14-9-2-1-3-10(6-9)16(19)20/h1-3,6,14H,4-5,7-8H2,(H,13,17). The van der Waals surface area contributed by atoms with Crippen LogP contribution < -0.4 is 10.6 Å². The van der Waals surface area contributed by atoms with Crippen LogP contribution in [0.1, 0.15) is 0 Å². The number of nitro groups is 1. The topological polar surface area (TPSA) is 105 Å². The second-order valence-corrected chi connectivity index (χ2v) is 4.33. The molecule has 2 amide bonds. The molecule has 1 aromatic carbocycles. The van der Waals surface area contributed by atoms with Crippen LogP contribution in [0.4, 0.5) is 11.4 Å². The molecular formula is C12H14N4O4. The molecule has 2 rings (SSSR count). The molecule has 20 heavy (non-hydrogen) atoms. The molecule has 2 N–H and O–H groups in total. The van der Waals surface area contributed by atoms with E-state index in [0.29, 0.717) is 18.8 Å². The van der Waals surface area contributed by atoms with Crippen molar-refractivity contribution in [1.29, 1.82) is 0 Å². The number of non-ortho nitro benzene ring substituents is 1. The molecular weight excluding hydrogens is 264 g/mol. The van der Waals surface area contributed by atoms with Gasteiger partial charge < -0.3 is 15.5 Å². The largest absolute Gasteiger partial charge is 0.376 e. The third-order valence-corrected chi connectivity index (χ3v) is 2.89. The highest BCUT2D eigenvalue weighted by molar-refractivity contribution is 5.87. The number of hydrogen-bond acceptors (Lipinski definition) is 5. The van der Waals surface area contributed by atoms with Gasteiger partial charge >= 0.3 is 0 Å². The van der Waals surface area contributed by atoms with E-state index in [4.69, 9.17) is 0 Å². The predicted octanol–water partition coefficient (Wildman–Crippen LogP) is -0.0349. The summed E-state index contributed by atoms with van der Waals surface area (Å²) in [6.07, 6.45) is 0. The lowest BCUT2D eigenvalue weighted by atomic mass is 10.2. The lowest BCUT2D eigenvalue weighted by Crippen LogP contribution is -2.51. The lowest BCUT2D eigenvalue weighted by molar-refractivity contribution is -0.384. The summed E-state index contributed by atoms with van der Waals surface area (Å²) in [7, 11) is 0. The van der Waals surface area contributed by atoms with E-state index < -0.39 is 4.92 Å². The molecule has 8 heteroatoms. The van der Waals surface area contributed by atoms with Crippen molar-refractivity contribution in [2.45, 2.75) is 0 Å². The SMILES string of the molecule is O=C1CN(C(=O)CNc2cccc([N+](=O)[O-])c2)CCN1. The average Bonchev–Trinajstić information content (AvgIpc) is 2.45. The van der Waals surface area contributed by atoms with Crippen LogP contribution in [0.15, 0.2) is 24.3 Å². The van der Waals surface area contributed by atoms with Crippen molar-refractivity contribution in [2.24, 2.45) is 0 Å². The lowest BCUT2D eigenvalue weighted by Gasteiger charge is -2.26. The van der Waals surface area contributed by atoms with Gasteiger partial charge in [-0.1, -0.05) is 6.07 Å². The highest BCUT2D eigenvalue weighted by Gasteiger charge is 2.20. The molecule has 1 heterocycles. The first-order valence-corrected chi connectivity index (χ1v) is 6.09. The summed E-state index contributed by atoms with van der Waals surface area (Å²) in [5, 5.41) is 16.1. The van der Waals surface area contributed by atoms with E-state index in [9.17, 15) is 19.7 Å². The summed E-state index contributed by atoms with van der Waals surface area (Å²) >= 11 is 0. The number of carbonyl (C=O) groups is 2. The first kappa shape index (κ1) is 13.8. The van der Waals surface area contributed by atoms with Crippen LogP contribution in [-0.2, 0) is 9.59 Å².